The van der Waals surface area contributed by atoms with E-state index < -0.39 is 16.1 Å². The first kappa shape index (κ1) is 25.2. The highest BCUT2D eigenvalue weighted by atomic mass is 32.2. The number of fused-ring (bicyclic) bond motifs is 1. The second-order valence-electron chi connectivity index (χ2n) is 8.79. The van der Waals surface area contributed by atoms with E-state index in [1.165, 1.54) is 30.7 Å². The molecule has 1 fully saturated rings. The number of nitrogens with zero attached hydrogens (tertiary/aromatic N) is 5. The number of nitrogens with one attached hydrogen (secondary N) is 1. The summed E-state index contributed by atoms with van der Waals surface area (Å²) in [6.07, 6.45) is 4.53. The molecule has 11 nitrogen and oxygen atoms in total. The van der Waals surface area contributed by atoms with Gasteiger partial charge in [-0.1, -0.05) is 6.07 Å². The van der Waals surface area contributed by atoms with Gasteiger partial charge in [-0.2, -0.15) is 0 Å². The van der Waals surface area contributed by atoms with Crippen LogP contribution < -0.4 is 14.4 Å². The van der Waals surface area contributed by atoms with Gasteiger partial charge in [-0.25, -0.2) is 18.4 Å². The van der Waals surface area contributed by atoms with Crippen LogP contribution in [-0.2, 0) is 19.6 Å². The molecule has 0 saturated carbocycles. The van der Waals surface area contributed by atoms with Gasteiger partial charge in [-0.3, -0.25) is 14.3 Å². The number of rotatable bonds is 7. The van der Waals surface area contributed by atoms with Crippen LogP contribution in [0.4, 0.5) is 11.5 Å². The highest BCUT2D eigenvalue weighted by Gasteiger charge is 2.31. The minimum absolute atomic E-state index is 0.0329. The molecule has 12 heteroatoms. The lowest BCUT2D eigenvalue weighted by molar-refractivity contribution is -0.139. The van der Waals surface area contributed by atoms with E-state index >= 15 is 0 Å². The second-order valence-corrected chi connectivity index (χ2v) is 10.5. The van der Waals surface area contributed by atoms with Crippen LogP contribution in [0, 0.1) is 0 Å². The van der Waals surface area contributed by atoms with Crippen LogP contribution in [0.25, 0.3) is 10.9 Å². The minimum Gasteiger partial charge on any atom is -0.496 e. The first-order valence-electron chi connectivity index (χ1n) is 11.9. The van der Waals surface area contributed by atoms with Crippen LogP contribution >= 0.6 is 0 Å². The Kier molecular flexibility index (Phi) is 6.72. The number of hydrogen-bond acceptors (Lipinski definition) is 7. The first-order chi connectivity index (χ1) is 18.3. The molecule has 1 N–H and O–H groups in total. The Labute approximate surface area is 219 Å². The van der Waals surface area contributed by atoms with E-state index in [9.17, 15) is 18.0 Å². The lowest BCUT2D eigenvalue weighted by atomic mass is 10.2. The number of benzene rings is 2. The number of carbonyl (C=O) groups is 2. The molecule has 2 aromatic carbocycles. The normalized spacial score (nSPS) is 14.9. The van der Waals surface area contributed by atoms with Gasteiger partial charge in [0.15, 0.2) is 0 Å². The van der Waals surface area contributed by atoms with E-state index in [-0.39, 0.29) is 29.1 Å². The minimum atomic E-state index is -3.85. The van der Waals surface area contributed by atoms with Crippen molar-refractivity contribution in [3.8, 4) is 5.75 Å². The van der Waals surface area contributed by atoms with Gasteiger partial charge in [-0.05, 0) is 55.5 Å². The molecule has 0 spiro atoms. The summed E-state index contributed by atoms with van der Waals surface area (Å²) in [7, 11) is -2.25. The summed E-state index contributed by atoms with van der Waals surface area (Å²) in [5.74, 6) is 0.482. The number of anilines is 2. The SMILES string of the molecule is COc1cccc2c1ccn2C(C)C(=O)N1CCN(c2ccc(S(=O)(=O)Nc3ccncn3)cc2)C(=O)C1. The predicted octanol–water partition coefficient (Wildman–Crippen LogP) is 2.68. The maximum Gasteiger partial charge on any atom is 0.263 e. The molecule has 2 amide bonds. The van der Waals surface area contributed by atoms with Gasteiger partial charge in [0.25, 0.3) is 10.0 Å². The summed E-state index contributed by atoms with van der Waals surface area (Å²) < 4.78 is 35.0. The molecule has 38 heavy (non-hydrogen) atoms. The molecule has 5 rings (SSSR count). The average molecular weight is 535 g/mol. The average Bonchev–Trinajstić information content (AvgIpc) is 3.37. The van der Waals surface area contributed by atoms with Crippen LogP contribution in [0.5, 0.6) is 5.75 Å². The van der Waals surface area contributed by atoms with Gasteiger partial charge in [0.05, 0.1) is 17.5 Å². The Morgan fingerprint density at radius 1 is 1.08 bits per heavy atom. The molecule has 1 unspecified atom stereocenters. The van der Waals surface area contributed by atoms with Crippen molar-refractivity contribution in [2.75, 3.05) is 36.4 Å². The number of aromatic nitrogens is 3. The summed E-state index contributed by atoms with van der Waals surface area (Å²) in [5.41, 5.74) is 1.43. The molecule has 3 heterocycles. The van der Waals surface area contributed by atoms with Crippen LogP contribution in [0.3, 0.4) is 0 Å². The topological polar surface area (TPSA) is 127 Å². The number of hydrogen-bond donors (Lipinski definition) is 1. The highest BCUT2D eigenvalue weighted by molar-refractivity contribution is 7.92. The van der Waals surface area contributed by atoms with Crippen LogP contribution in [0.1, 0.15) is 13.0 Å². The molecule has 2 aromatic heterocycles. The smallest absolute Gasteiger partial charge is 0.263 e. The highest BCUT2D eigenvalue weighted by Crippen LogP contribution is 2.29. The summed E-state index contributed by atoms with van der Waals surface area (Å²) in [4.78, 5) is 37.1. The molecular formula is C26H26N6O5S. The molecule has 0 aliphatic carbocycles. The zero-order chi connectivity index (χ0) is 26.9. The van der Waals surface area contributed by atoms with Crippen LogP contribution in [0.15, 0.2) is 78.2 Å². The number of sulfonamides is 1. The molecule has 196 valence electrons. The summed E-state index contributed by atoms with van der Waals surface area (Å²) in [6.45, 7) is 2.39. The van der Waals surface area contributed by atoms with Crippen molar-refractivity contribution < 1.29 is 22.7 Å². The third-order valence-corrected chi connectivity index (χ3v) is 7.90. The summed E-state index contributed by atoms with van der Waals surface area (Å²) in [6, 6.07) is 14.5. The van der Waals surface area contributed by atoms with Gasteiger partial charge in [0, 0.05) is 36.6 Å². The summed E-state index contributed by atoms with van der Waals surface area (Å²) >= 11 is 0. The Hall–Kier alpha value is -4.45. The largest absolute Gasteiger partial charge is 0.496 e. The van der Waals surface area contributed by atoms with Crippen molar-refractivity contribution in [3.63, 3.8) is 0 Å². The van der Waals surface area contributed by atoms with E-state index in [1.807, 2.05) is 42.0 Å². The van der Waals surface area contributed by atoms with Crippen molar-refractivity contribution in [2.24, 2.45) is 0 Å². The van der Waals surface area contributed by atoms with E-state index in [0.29, 0.717) is 18.8 Å². The number of carbonyl (C=O) groups excluding carboxylic acids is 2. The monoisotopic (exact) mass is 534 g/mol. The quantitative estimate of drug-likeness (QED) is 0.386. The summed E-state index contributed by atoms with van der Waals surface area (Å²) in [5, 5.41) is 0.910. The lowest BCUT2D eigenvalue weighted by Crippen LogP contribution is -2.53. The number of methoxy groups -OCH3 is 1. The van der Waals surface area contributed by atoms with E-state index in [0.717, 1.165) is 16.7 Å². The van der Waals surface area contributed by atoms with E-state index in [4.69, 9.17) is 4.74 Å². The molecule has 1 aliphatic rings. The standard InChI is InChI=1S/C26H26N6O5S/c1-18(31-13-11-21-22(31)4-3-5-23(21)37-2)26(34)30-14-15-32(25(33)16-30)19-6-8-20(9-7-19)38(35,36)29-24-10-12-27-17-28-24/h3-13,17-18H,14-16H2,1-2H3,(H,27,28,29). The third kappa shape index (κ3) is 4.77. The molecule has 1 atom stereocenters. The molecule has 1 saturated heterocycles. The van der Waals surface area contributed by atoms with Crippen LogP contribution in [-0.4, -0.2) is 66.4 Å². The maximum atomic E-state index is 13.3. The van der Waals surface area contributed by atoms with E-state index in [1.54, 1.807) is 29.0 Å². The van der Waals surface area contributed by atoms with E-state index in [2.05, 4.69) is 14.7 Å². The fraction of sp³-hybridized carbons (Fsp3) is 0.231. The van der Waals surface area contributed by atoms with Crippen molar-refractivity contribution in [2.45, 2.75) is 17.9 Å². The predicted molar refractivity (Wildman–Crippen MR) is 141 cm³/mol. The zero-order valence-corrected chi connectivity index (χ0v) is 21.6. The number of ether oxygens (including phenoxy) is 1. The Bertz CT molecular complexity index is 1590. The van der Waals surface area contributed by atoms with Gasteiger partial charge >= 0.3 is 0 Å². The molecule has 4 aromatic rings. The number of piperazine rings is 1. The Morgan fingerprint density at radius 3 is 2.55 bits per heavy atom. The zero-order valence-electron chi connectivity index (χ0n) is 20.8. The van der Waals surface area contributed by atoms with Crippen molar-refractivity contribution >= 4 is 44.2 Å². The molecule has 1 aliphatic heterocycles. The molecular weight excluding hydrogens is 508 g/mol. The molecule has 0 radical (unpaired) electrons. The Balaban J connectivity index is 1.26. The first-order valence-corrected chi connectivity index (χ1v) is 13.4. The van der Waals surface area contributed by atoms with Crippen molar-refractivity contribution in [1.29, 1.82) is 0 Å². The lowest BCUT2D eigenvalue weighted by Gasteiger charge is -2.35. The van der Waals surface area contributed by atoms with Gasteiger partial charge in [0.1, 0.15) is 30.5 Å². The van der Waals surface area contributed by atoms with Gasteiger partial charge < -0.3 is 19.1 Å². The second kappa shape index (κ2) is 10.1. The Morgan fingerprint density at radius 2 is 1.87 bits per heavy atom. The van der Waals surface area contributed by atoms with Crippen LogP contribution in [0.2, 0.25) is 0 Å². The number of amides is 2. The molecule has 0 bridgehead atoms. The van der Waals surface area contributed by atoms with Gasteiger partial charge in [0.2, 0.25) is 11.8 Å². The fourth-order valence-corrected chi connectivity index (χ4v) is 5.55. The fourth-order valence-electron chi connectivity index (χ4n) is 4.55. The maximum absolute atomic E-state index is 13.3. The van der Waals surface area contributed by atoms with Gasteiger partial charge in [-0.15, -0.1) is 0 Å². The third-order valence-electron chi connectivity index (χ3n) is 6.53. The van der Waals surface area contributed by atoms with Crippen molar-refractivity contribution in [1.82, 2.24) is 19.4 Å². The van der Waals surface area contributed by atoms with Crippen molar-refractivity contribution in [3.05, 3.63) is 73.3 Å².